The van der Waals surface area contributed by atoms with Gasteiger partial charge >= 0.3 is 0 Å². The van der Waals surface area contributed by atoms with E-state index in [0.29, 0.717) is 12.6 Å². The summed E-state index contributed by atoms with van der Waals surface area (Å²) >= 11 is 0. The molecule has 0 saturated heterocycles. The molecule has 0 radical (unpaired) electrons. The summed E-state index contributed by atoms with van der Waals surface area (Å²) in [6.07, 6.45) is 6.49. The van der Waals surface area contributed by atoms with E-state index in [9.17, 15) is 4.79 Å². The van der Waals surface area contributed by atoms with Gasteiger partial charge in [-0.15, -0.1) is 0 Å². The van der Waals surface area contributed by atoms with Crippen molar-refractivity contribution < 1.29 is 14.3 Å². The van der Waals surface area contributed by atoms with Gasteiger partial charge in [0.25, 0.3) is 0 Å². The number of nitrogens with one attached hydrogen (secondary N) is 1. The van der Waals surface area contributed by atoms with Gasteiger partial charge in [-0.2, -0.15) is 0 Å². The van der Waals surface area contributed by atoms with E-state index in [4.69, 9.17) is 15.2 Å². The lowest BCUT2D eigenvalue weighted by atomic mass is 9.98. The van der Waals surface area contributed by atoms with Gasteiger partial charge in [0.05, 0.1) is 12.7 Å². The molecule has 3 N–H and O–H groups in total. The molecule has 1 fully saturated rings. The second-order valence-electron chi connectivity index (χ2n) is 5.80. The van der Waals surface area contributed by atoms with Crippen LogP contribution in [0.15, 0.2) is 24.3 Å². The summed E-state index contributed by atoms with van der Waals surface area (Å²) in [5.74, 6) is 0.697. The Labute approximate surface area is 132 Å². The number of hydrogen-bond donors (Lipinski definition) is 2. The molecule has 1 aliphatic rings. The molecule has 1 aromatic carbocycles. The van der Waals surface area contributed by atoms with E-state index in [2.05, 4.69) is 5.32 Å². The average molecular weight is 306 g/mol. The van der Waals surface area contributed by atoms with Crippen molar-refractivity contribution in [2.75, 3.05) is 13.7 Å². The predicted molar refractivity (Wildman–Crippen MR) is 85.6 cm³/mol. The highest BCUT2D eigenvalue weighted by atomic mass is 16.5. The van der Waals surface area contributed by atoms with Gasteiger partial charge in [-0.1, -0.05) is 18.6 Å². The Morgan fingerprint density at radius 1 is 1.27 bits per heavy atom. The first-order valence-electron chi connectivity index (χ1n) is 7.97. The Bertz CT molecular complexity index is 455. The summed E-state index contributed by atoms with van der Waals surface area (Å²) < 4.78 is 10.8. The fraction of sp³-hybridized carbons (Fsp3) is 0.588. The third kappa shape index (κ3) is 5.31. The van der Waals surface area contributed by atoms with Crippen LogP contribution in [0.2, 0.25) is 0 Å². The zero-order valence-electron chi connectivity index (χ0n) is 13.2. The van der Waals surface area contributed by atoms with Gasteiger partial charge in [0.2, 0.25) is 5.91 Å². The van der Waals surface area contributed by atoms with Crippen molar-refractivity contribution in [2.24, 2.45) is 5.73 Å². The molecule has 2 rings (SSSR count). The first-order valence-corrected chi connectivity index (χ1v) is 7.97. The molecule has 0 heterocycles. The molecule has 5 heteroatoms. The summed E-state index contributed by atoms with van der Waals surface area (Å²) in [5, 5.41) is 2.80. The number of nitrogens with two attached hydrogens (primary N) is 1. The number of carbonyl (C=O) groups is 1. The number of ether oxygens (including phenoxy) is 2. The largest absolute Gasteiger partial charge is 0.490 e. The molecule has 1 unspecified atom stereocenters. The number of rotatable bonds is 7. The van der Waals surface area contributed by atoms with Crippen LogP contribution in [-0.2, 0) is 16.1 Å². The third-order valence-corrected chi connectivity index (χ3v) is 3.93. The predicted octanol–water partition coefficient (Wildman–Crippen LogP) is 1.99. The van der Waals surface area contributed by atoms with Crippen LogP contribution in [0.5, 0.6) is 5.75 Å². The maximum Gasteiger partial charge on any atom is 0.239 e. The monoisotopic (exact) mass is 306 g/mol. The van der Waals surface area contributed by atoms with E-state index in [1.54, 1.807) is 0 Å². The van der Waals surface area contributed by atoms with Crippen LogP contribution in [0.1, 0.15) is 37.7 Å². The van der Waals surface area contributed by atoms with Gasteiger partial charge < -0.3 is 20.5 Å². The smallest absolute Gasteiger partial charge is 0.239 e. The van der Waals surface area contributed by atoms with Gasteiger partial charge in [-0.05, 0) is 43.4 Å². The molecule has 122 valence electrons. The van der Waals surface area contributed by atoms with Gasteiger partial charge in [0.1, 0.15) is 11.8 Å². The summed E-state index contributed by atoms with van der Waals surface area (Å²) in [5.41, 5.74) is 6.69. The van der Waals surface area contributed by atoms with Crippen LogP contribution in [0.25, 0.3) is 0 Å². The van der Waals surface area contributed by atoms with E-state index in [-0.39, 0.29) is 12.5 Å². The van der Waals surface area contributed by atoms with Crippen LogP contribution in [0.3, 0.4) is 0 Å². The molecule has 0 bridgehead atoms. The first-order chi connectivity index (χ1) is 10.7. The van der Waals surface area contributed by atoms with Crippen molar-refractivity contribution in [3.8, 4) is 5.75 Å². The van der Waals surface area contributed by atoms with Crippen molar-refractivity contribution in [2.45, 2.75) is 50.8 Å². The topological polar surface area (TPSA) is 73.6 Å². The quantitative estimate of drug-likeness (QED) is 0.808. The molecule has 1 atom stereocenters. The number of amides is 1. The number of methoxy groups -OCH3 is 1. The van der Waals surface area contributed by atoms with Crippen LogP contribution in [0, 0.1) is 0 Å². The summed E-state index contributed by atoms with van der Waals surface area (Å²) in [4.78, 5) is 11.7. The summed E-state index contributed by atoms with van der Waals surface area (Å²) in [7, 11) is 1.53. The van der Waals surface area contributed by atoms with Gasteiger partial charge in [-0.25, -0.2) is 0 Å². The van der Waals surface area contributed by atoms with Crippen LogP contribution in [-0.4, -0.2) is 31.8 Å². The molecular formula is C17H26N2O3. The highest BCUT2D eigenvalue weighted by Gasteiger charge is 2.15. The SMILES string of the molecule is COCC(N)C(=O)NCc1ccc(OC2CCCCC2)cc1. The lowest BCUT2D eigenvalue weighted by molar-refractivity contribution is -0.123. The molecule has 5 nitrogen and oxygen atoms in total. The Morgan fingerprint density at radius 3 is 2.59 bits per heavy atom. The maximum atomic E-state index is 11.7. The molecule has 0 aliphatic heterocycles. The van der Waals surface area contributed by atoms with Crippen molar-refractivity contribution in [1.82, 2.24) is 5.32 Å². The zero-order chi connectivity index (χ0) is 15.8. The molecule has 1 saturated carbocycles. The second kappa shape index (κ2) is 8.76. The molecule has 22 heavy (non-hydrogen) atoms. The minimum atomic E-state index is -0.626. The highest BCUT2D eigenvalue weighted by Crippen LogP contribution is 2.23. The van der Waals surface area contributed by atoms with Crippen LogP contribution in [0.4, 0.5) is 0 Å². The fourth-order valence-electron chi connectivity index (χ4n) is 2.64. The second-order valence-corrected chi connectivity index (χ2v) is 5.80. The molecule has 0 spiro atoms. The van der Waals surface area contributed by atoms with Gasteiger partial charge in [0, 0.05) is 13.7 Å². The van der Waals surface area contributed by atoms with Crippen molar-refractivity contribution in [3.63, 3.8) is 0 Å². The van der Waals surface area contributed by atoms with E-state index >= 15 is 0 Å². The van der Waals surface area contributed by atoms with Crippen LogP contribution >= 0.6 is 0 Å². The van der Waals surface area contributed by atoms with Crippen LogP contribution < -0.4 is 15.8 Å². The van der Waals surface area contributed by atoms with Crippen molar-refractivity contribution in [1.29, 1.82) is 0 Å². The lowest BCUT2D eigenvalue weighted by Crippen LogP contribution is -2.43. The first kappa shape index (κ1) is 16.8. The van der Waals surface area contributed by atoms with E-state index < -0.39 is 6.04 Å². The molecule has 1 aliphatic carbocycles. The van der Waals surface area contributed by atoms with E-state index in [1.807, 2.05) is 24.3 Å². The fourth-order valence-corrected chi connectivity index (χ4v) is 2.64. The Hall–Kier alpha value is -1.59. The maximum absolute atomic E-state index is 11.7. The van der Waals surface area contributed by atoms with E-state index in [0.717, 1.165) is 24.2 Å². The Balaban J connectivity index is 1.77. The van der Waals surface area contributed by atoms with Gasteiger partial charge in [0.15, 0.2) is 0 Å². The number of benzene rings is 1. The minimum Gasteiger partial charge on any atom is -0.490 e. The standard InChI is InChI=1S/C17H26N2O3/c1-21-12-16(18)17(20)19-11-13-7-9-15(10-8-13)22-14-5-3-2-4-6-14/h7-10,14,16H,2-6,11-12,18H2,1H3,(H,19,20). The summed E-state index contributed by atoms with van der Waals surface area (Å²) in [6, 6.07) is 7.25. The molecule has 0 aromatic heterocycles. The third-order valence-electron chi connectivity index (χ3n) is 3.93. The molecule has 1 aromatic rings. The number of carbonyl (C=O) groups excluding carboxylic acids is 1. The van der Waals surface area contributed by atoms with Crippen molar-refractivity contribution in [3.05, 3.63) is 29.8 Å². The Kier molecular flexibility index (Phi) is 6.68. The molecular weight excluding hydrogens is 280 g/mol. The van der Waals surface area contributed by atoms with Crippen molar-refractivity contribution >= 4 is 5.91 Å². The minimum absolute atomic E-state index is 0.204. The number of hydrogen-bond acceptors (Lipinski definition) is 4. The average Bonchev–Trinajstić information content (AvgIpc) is 2.55. The Morgan fingerprint density at radius 2 is 1.95 bits per heavy atom. The van der Waals surface area contributed by atoms with Gasteiger partial charge in [-0.3, -0.25) is 4.79 Å². The zero-order valence-corrected chi connectivity index (χ0v) is 13.2. The highest BCUT2D eigenvalue weighted by molar-refractivity contribution is 5.81. The molecule has 1 amide bonds. The normalized spacial score (nSPS) is 17.0. The lowest BCUT2D eigenvalue weighted by Gasteiger charge is -2.23. The van der Waals surface area contributed by atoms with E-state index in [1.165, 1.54) is 26.4 Å². The summed E-state index contributed by atoms with van der Waals surface area (Å²) in [6.45, 7) is 0.681.